The van der Waals surface area contributed by atoms with Crippen LogP contribution in [0.4, 0.5) is 5.13 Å². The van der Waals surface area contributed by atoms with Crippen molar-refractivity contribution in [2.24, 2.45) is 5.16 Å². The Bertz CT molecular complexity index is 901. The summed E-state index contributed by atoms with van der Waals surface area (Å²) in [4.78, 5) is 62.6. The fraction of sp³-hybridized carbons (Fsp3) is 0.467. The summed E-state index contributed by atoms with van der Waals surface area (Å²) in [6.45, 7) is 1.45. The molecule has 3 atom stereocenters. The quantitative estimate of drug-likeness (QED) is 0.284. The highest BCUT2D eigenvalue weighted by atomic mass is 32.1. The van der Waals surface area contributed by atoms with Gasteiger partial charge in [-0.2, -0.15) is 5.06 Å². The van der Waals surface area contributed by atoms with Crippen LogP contribution < -0.4 is 11.1 Å². The van der Waals surface area contributed by atoms with Crippen molar-refractivity contribution >= 4 is 45.9 Å². The molecule has 3 rings (SSSR count). The number of anilines is 1. The predicted octanol–water partition coefficient (Wildman–Crippen LogP) is -1.16. The molecule has 29 heavy (non-hydrogen) atoms. The van der Waals surface area contributed by atoms with E-state index < -0.39 is 41.6 Å². The molecule has 2 aliphatic rings. The second kappa shape index (κ2) is 7.63. The number of cyclic esters (lactones) is 1. The molecule has 0 radical (unpaired) electrons. The van der Waals surface area contributed by atoms with E-state index in [1.54, 1.807) is 0 Å². The first kappa shape index (κ1) is 20.5. The molecular formula is C15H17N5O8S. The van der Waals surface area contributed by atoms with Crippen LogP contribution in [0.3, 0.4) is 0 Å². The molecule has 1 aromatic heterocycles. The van der Waals surface area contributed by atoms with Gasteiger partial charge in [-0.05, 0) is 6.92 Å². The van der Waals surface area contributed by atoms with Gasteiger partial charge in [0.1, 0.15) is 24.9 Å². The summed E-state index contributed by atoms with van der Waals surface area (Å²) >= 11 is 1.08. The molecule has 13 nitrogen and oxygen atoms in total. The maximum Gasteiger partial charge on any atom is 0.372 e. The van der Waals surface area contributed by atoms with Crippen LogP contribution in [0.15, 0.2) is 10.5 Å². The Morgan fingerprint density at radius 2 is 2.24 bits per heavy atom. The number of thiazole rings is 1. The van der Waals surface area contributed by atoms with Gasteiger partial charge < -0.3 is 25.7 Å². The predicted molar refractivity (Wildman–Crippen MR) is 95.1 cm³/mol. The summed E-state index contributed by atoms with van der Waals surface area (Å²) in [6.07, 6.45) is -1.43. The third kappa shape index (κ3) is 3.58. The topological polar surface area (TPSA) is 183 Å². The zero-order valence-electron chi connectivity index (χ0n) is 15.3. The molecule has 156 valence electrons. The minimum Gasteiger partial charge on any atom is -0.477 e. The van der Waals surface area contributed by atoms with Crippen LogP contribution in [0.1, 0.15) is 25.5 Å². The zero-order valence-corrected chi connectivity index (χ0v) is 16.1. The van der Waals surface area contributed by atoms with Crippen LogP contribution in [-0.2, 0) is 33.6 Å². The lowest BCUT2D eigenvalue weighted by atomic mass is 10.1. The van der Waals surface area contributed by atoms with Crippen molar-refractivity contribution in [1.82, 2.24) is 15.4 Å². The molecule has 2 fully saturated rings. The van der Waals surface area contributed by atoms with E-state index in [0.29, 0.717) is 5.06 Å². The Balaban J connectivity index is 1.82. The van der Waals surface area contributed by atoms with Crippen LogP contribution in [-0.4, -0.2) is 69.6 Å². The van der Waals surface area contributed by atoms with Gasteiger partial charge in [-0.25, -0.2) is 9.78 Å². The Hall–Kier alpha value is -3.26. The number of nitrogens with two attached hydrogens (primary N) is 1. The highest BCUT2D eigenvalue weighted by Gasteiger charge is 2.60. The number of aromatic nitrogens is 1. The van der Waals surface area contributed by atoms with Crippen molar-refractivity contribution in [2.45, 2.75) is 37.6 Å². The van der Waals surface area contributed by atoms with Gasteiger partial charge in [0.25, 0.3) is 11.8 Å². The number of carboxylic acid groups (broad SMARTS) is 1. The van der Waals surface area contributed by atoms with E-state index in [-0.39, 0.29) is 29.4 Å². The first-order chi connectivity index (χ1) is 13.7. The highest BCUT2D eigenvalue weighted by molar-refractivity contribution is 7.13. The standard InChI is InChI=1S/C15H17N5O8S/c1-6-9(18-11(22)10(19-26-2)7-5-29-14(16)17-7)12(23)20(28-6)15(13(24)25)4-3-8(21)27-15/h5-6,9H,3-4H2,1-2H3,(H2,16,17)(H,18,22)(H,24,25)/b19-10-/t6-,9-,15?/m0/s1. The number of esters is 1. The van der Waals surface area contributed by atoms with Crippen molar-refractivity contribution in [3.8, 4) is 0 Å². The Labute approximate surface area is 167 Å². The van der Waals surface area contributed by atoms with E-state index in [1.165, 1.54) is 19.4 Å². The number of aliphatic carboxylic acids is 1. The number of nitrogens with zero attached hydrogens (tertiary/aromatic N) is 3. The van der Waals surface area contributed by atoms with E-state index in [2.05, 4.69) is 20.3 Å². The molecule has 14 heteroatoms. The lowest BCUT2D eigenvalue weighted by Crippen LogP contribution is -2.57. The van der Waals surface area contributed by atoms with Gasteiger partial charge in [-0.3, -0.25) is 19.2 Å². The third-order valence-electron chi connectivity index (χ3n) is 4.27. The maximum absolute atomic E-state index is 12.8. The molecule has 0 aromatic carbocycles. The van der Waals surface area contributed by atoms with Crippen molar-refractivity contribution < 1.29 is 38.7 Å². The number of carbonyl (C=O) groups excluding carboxylic acids is 3. The molecule has 1 unspecified atom stereocenters. The van der Waals surface area contributed by atoms with Gasteiger partial charge in [0.05, 0.1) is 6.42 Å². The number of ether oxygens (including phenoxy) is 1. The summed E-state index contributed by atoms with van der Waals surface area (Å²) in [6, 6.07) is -1.27. The number of nitrogens with one attached hydrogen (secondary N) is 1. The largest absolute Gasteiger partial charge is 0.477 e. The number of hydrogen-bond donors (Lipinski definition) is 3. The van der Waals surface area contributed by atoms with Crippen molar-refractivity contribution in [3.63, 3.8) is 0 Å². The summed E-state index contributed by atoms with van der Waals surface area (Å²) in [5.41, 5.74) is 3.18. The zero-order chi connectivity index (χ0) is 21.3. The van der Waals surface area contributed by atoms with E-state index in [9.17, 15) is 24.3 Å². The second-order valence-electron chi connectivity index (χ2n) is 6.15. The molecule has 3 heterocycles. The number of hydrogen-bond acceptors (Lipinski definition) is 11. The first-order valence-corrected chi connectivity index (χ1v) is 9.17. The Morgan fingerprint density at radius 1 is 1.52 bits per heavy atom. The van der Waals surface area contributed by atoms with E-state index >= 15 is 0 Å². The summed E-state index contributed by atoms with van der Waals surface area (Å²) in [5.74, 6) is -4.05. The van der Waals surface area contributed by atoms with Gasteiger partial charge >= 0.3 is 17.7 Å². The number of nitrogen functional groups attached to an aromatic ring is 1. The van der Waals surface area contributed by atoms with Gasteiger partial charge in [-0.1, -0.05) is 5.16 Å². The summed E-state index contributed by atoms with van der Waals surface area (Å²) in [5, 5.41) is 17.7. The molecule has 0 bridgehead atoms. The van der Waals surface area contributed by atoms with Gasteiger partial charge in [0, 0.05) is 11.8 Å². The minimum absolute atomic E-state index is 0.134. The maximum atomic E-state index is 12.8. The number of amides is 2. The second-order valence-corrected chi connectivity index (χ2v) is 7.04. The van der Waals surface area contributed by atoms with Crippen molar-refractivity contribution in [1.29, 1.82) is 0 Å². The van der Waals surface area contributed by atoms with Crippen LogP contribution in [0.2, 0.25) is 0 Å². The Morgan fingerprint density at radius 3 is 2.76 bits per heavy atom. The molecule has 4 N–H and O–H groups in total. The monoisotopic (exact) mass is 427 g/mol. The van der Waals surface area contributed by atoms with Gasteiger partial charge in [0.15, 0.2) is 10.8 Å². The van der Waals surface area contributed by atoms with Crippen LogP contribution in [0, 0.1) is 0 Å². The average molecular weight is 427 g/mol. The van der Waals surface area contributed by atoms with E-state index in [1.807, 2.05) is 0 Å². The number of hydroxylamine groups is 2. The smallest absolute Gasteiger partial charge is 0.372 e. The number of oxime groups is 1. The third-order valence-corrected chi connectivity index (χ3v) is 4.94. The van der Waals surface area contributed by atoms with Crippen molar-refractivity contribution in [2.75, 3.05) is 12.8 Å². The fourth-order valence-electron chi connectivity index (χ4n) is 2.89. The first-order valence-electron chi connectivity index (χ1n) is 8.29. The molecule has 0 aliphatic carbocycles. The average Bonchev–Trinajstić information content (AvgIpc) is 3.34. The minimum atomic E-state index is -2.28. The van der Waals surface area contributed by atoms with Crippen LogP contribution in [0.25, 0.3) is 0 Å². The normalized spacial score (nSPS) is 27.1. The lowest BCUT2D eigenvalue weighted by Gasteiger charge is -2.30. The molecule has 2 amide bonds. The highest BCUT2D eigenvalue weighted by Crippen LogP contribution is 2.35. The summed E-state index contributed by atoms with van der Waals surface area (Å²) < 4.78 is 4.89. The molecular weight excluding hydrogens is 410 g/mol. The Kier molecular flexibility index (Phi) is 5.39. The molecule has 1 aromatic rings. The fourth-order valence-corrected chi connectivity index (χ4v) is 3.44. The molecule has 2 saturated heterocycles. The van der Waals surface area contributed by atoms with E-state index in [4.69, 9.17) is 15.3 Å². The van der Waals surface area contributed by atoms with Crippen LogP contribution >= 0.6 is 11.3 Å². The molecule has 2 aliphatic heterocycles. The van der Waals surface area contributed by atoms with Gasteiger partial charge in [0.2, 0.25) is 0 Å². The van der Waals surface area contributed by atoms with Gasteiger partial charge in [-0.15, -0.1) is 11.3 Å². The van der Waals surface area contributed by atoms with Crippen molar-refractivity contribution in [3.05, 3.63) is 11.1 Å². The lowest BCUT2D eigenvalue weighted by molar-refractivity contribution is -0.266. The number of carbonyl (C=O) groups is 4. The number of rotatable bonds is 6. The number of carboxylic acids is 1. The van der Waals surface area contributed by atoms with Crippen LogP contribution in [0.5, 0.6) is 0 Å². The summed E-state index contributed by atoms with van der Waals surface area (Å²) in [7, 11) is 1.22. The SMILES string of the molecule is CO/N=C(\C(=O)N[C@@H]1C(=O)N(C2(C(=O)O)CCC(=O)O2)O[C@H]1C)c1csc(N)n1. The van der Waals surface area contributed by atoms with E-state index in [0.717, 1.165) is 11.3 Å². The molecule has 0 spiro atoms. The molecule has 0 saturated carbocycles.